The van der Waals surface area contributed by atoms with Crippen molar-refractivity contribution in [2.75, 3.05) is 13.1 Å². The normalized spacial score (nSPS) is 47.9. The van der Waals surface area contributed by atoms with Gasteiger partial charge in [-0.3, -0.25) is 9.59 Å². The van der Waals surface area contributed by atoms with E-state index in [1.807, 2.05) is 0 Å². The number of carbonyl (C=O) groups is 2. The molecule has 4 saturated carbocycles. The lowest BCUT2D eigenvalue weighted by Crippen LogP contribution is -2.60. The molecule has 1 saturated heterocycles. The minimum Gasteiger partial charge on any atom is -0.391 e. The Bertz CT molecular complexity index is 719. The summed E-state index contributed by atoms with van der Waals surface area (Å²) in [4.78, 5) is 32.3. The Kier molecular flexibility index (Phi) is 5.61. The molecule has 29 heavy (non-hydrogen) atoms. The fourth-order valence-corrected chi connectivity index (χ4v) is 7.51. The maximum absolute atomic E-state index is 13.3. The molecule has 0 amide bonds. The number of nitrogens with one attached hydrogen (secondary N) is 1. The molecule has 1 aliphatic heterocycles. The van der Waals surface area contributed by atoms with Gasteiger partial charge in [0.25, 0.3) is 0 Å². The third-order valence-corrected chi connectivity index (χ3v) is 9.29. The predicted molar refractivity (Wildman–Crippen MR) is 114 cm³/mol. The fraction of sp³-hybridized carbons (Fsp3) is 0.870. The molecule has 0 bridgehead atoms. The summed E-state index contributed by atoms with van der Waals surface area (Å²) >= 11 is 0. The monoisotopic (exact) mass is 422 g/mol. The first-order valence-corrected chi connectivity index (χ1v) is 11.4. The van der Waals surface area contributed by atoms with E-state index >= 15 is 0 Å². The van der Waals surface area contributed by atoms with Crippen molar-refractivity contribution in [3.05, 3.63) is 0 Å². The number of hydrogen-bond acceptors (Lipinski definition) is 5. The molecule has 5 fully saturated rings. The van der Waals surface area contributed by atoms with Crippen LogP contribution in [0.1, 0.15) is 71.6 Å². The predicted octanol–water partition coefficient (Wildman–Crippen LogP) is 3.93. The zero-order chi connectivity index (χ0) is 19.5. The highest BCUT2D eigenvalue weighted by molar-refractivity contribution is 6.40. The van der Waals surface area contributed by atoms with E-state index in [2.05, 4.69) is 24.3 Å². The van der Waals surface area contributed by atoms with Crippen molar-refractivity contribution >= 4 is 29.7 Å². The number of halogens is 1. The molecule has 1 N–H and O–H groups in total. The number of oxime groups is 1. The van der Waals surface area contributed by atoms with Crippen molar-refractivity contribution in [2.24, 2.45) is 39.7 Å². The van der Waals surface area contributed by atoms with E-state index in [0.29, 0.717) is 18.3 Å². The average Bonchev–Trinajstić information content (AvgIpc) is 3.33. The number of fused-ring (bicyclic) bond motifs is 5. The van der Waals surface area contributed by atoms with E-state index in [0.717, 1.165) is 50.9 Å². The maximum atomic E-state index is 13.3. The molecule has 162 valence electrons. The quantitative estimate of drug-likeness (QED) is 0.540. The van der Waals surface area contributed by atoms with E-state index < -0.39 is 0 Å². The van der Waals surface area contributed by atoms with Crippen LogP contribution in [0.25, 0.3) is 0 Å². The molecule has 0 aromatic rings. The van der Waals surface area contributed by atoms with Crippen LogP contribution >= 0.6 is 12.4 Å². The number of carbonyl (C=O) groups excluding carboxylic acids is 2. The van der Waals surface area contributed by atoms with Gasteiger partial charge in [-0.05, 0) is 74.2 Å². The lowest BCUT2D eigenvalue weighted by Gasteiger charge is -2.58. The summed E-state index contributed by atoms with van der Waals surface area (Å²) in [5, 5.41) is 7.71. The Labute approximate surface area is 180 Å². The molecule has 5 rings (SSSR count). The first-order chi connectivity index (χ1) is 13.4. The third-order valence-electron chi connectivity index (χ3n) is 9.29. The minimum absolute atomic E-state index is 0. The van der Waals surface area contributed by atoms with Gasteiger partial charge in [-0.2, -0.15) is 0 Å². The second kappa shape index (κ2) is 7.64. The van der Waals surface area contributed by atoms with Crippen LogP contribution in [-0.4, -0.2) is 36.5 Å². The molecular weight excluding hydrogens is 388 g/mol. The fourth-order valence-electron chi connectivity index (χ4n) is 7.51. The Morgan fingerprint density at radius 3 is 2.62 bits per heavy atom. The van der Waals surface area contributed by atoms with Crippen LogP contribution in [0, 0.1) is 34.5 Å². The number of nitrogens with zero attached hydrogens (tertiary/aromatic N) is 1. The van der Waals surface area contributed by atoms with Crippen LogP contribution in [0.2, 0.25) is 0 Å². The highest BCUT2D eigenvalue weighted by atomic mass is 35.5. The average molecular weight is 423 g/mol. The smallest absolute Gasteiger partial charge is 0.202 e. The topological polar surface area (TPSA) is 67.8 Å². The van der Waals surface area contributed by atoms with Gasteiger partial charge in [0, 0.05) is 24.8 Å². The highest BCUT2D eigenvalue weighted by Crippen LogP contribution is 2.64. The molecule has 4 aliphatic carbocycles. The van der Waals surface area contributed by atoms with Crippen LogP contribution in [0.5, 0.6) is 0 Å². The third kappa shape index (κ3) is 3.27. The number of hydrogen-bond donors (Lipinski definition) is 1. The lowest BCUT2D eigenvalue weighted by molar-refractivity contribution is -0.164. The summed E-state index contributed by atoms with van der Waals surface area (Å²) < 4.78 is 0. The van der Waals surface area contributed by atoms with Crippen LogP contribution in [0.15, 0.2) is 5.16 Å². The van der Waals surface area contributed by atoms with Gasteiger partial charge < -0.3 is 10.2 Å². The molecule has 7 atom stereocenters. The Hall–Kier alpha value is -0.940. The van der Waals surface area contributed by atoms with E-state index in [1.54, 1.807) is 0 Å². The second-order valence-electron chi connectivity index (χ2n) is 10.7. The molecule has 6 heteroatoms. The van der Waals surface area contributed by atoms with Crippen molar-refractivity contribution in [1.29, 1.82) is 0 Å². The van der Waals surface area contributed by atoms with Crippen LogP contribution in [-0.2, 0) is 14.4 Å². The lowest BCUT2D eigenvalue weighted by atomic mass is 9.44. The summed E-state index contributed by atoms with van der Waals surface area (Å²) in [5.41, 5.74) is 1.22. The van der Waals surface area contributed by atoms with E-state index in [-0.39, 0.29) is 52.7 Å². The van der Waals surface area contributed by atoms with Gasteiger partial charge in [-0.25, -0.2) is 0 Å². The zero-order valence-electron chi connectivity index (χ0n) is 17.7. The largest absolute Gasteiger partial charge is 0.391 e. The molecule has 0 spiro atoms. The van der Waals surface area contributed by atoms with Crippen molar-refractivity contribution in [3.63, 3.8) is 0 Å². The van der Waals surface area contributed by atoms with Crippen molar-refractivity contribution in [2.45, 2.75) is 77.7 Å². The second-order valence-corrected chi connectivity index (χ2v) is 10.7. The van der Waals surface area contributed by atoms with Crippen molar-refractivity contribution in [3.8, 4) is 0 Å². The number of rotatable bonds is 2. The summed E-state index contributed by atoms with van der Waals surface area (Å²) in [6, 6.07) is 0. The van der Waals surface area contributed by atoms with Gasteiger partial charge in [-0.1, -0.05) is 25.4 Å². The van der Waals surface area contributed by atoms with Gasteiger partial charge in [0.2, 0.25) is 11.6 Å². The van der Waals surface area contributed by atoms with Gasteiger partial charge in [-0.15, -0.1) is 12.4 Å². The molecule has 5 nitrogen and oxygen atoms in total. The molecule has 0 aromatic heterocycles. The van der Waals surface area contributed by atoms with Gasteiger partial charge in [0.1, 0.15) is 6.10 Å². The van der Waals surface area contributed by atoms with E-state index in [9.17, 15) is 9.59 Å². The Morgan fingerprint density at radius 1 is 1.03 bits per heavy atom. The standard InChI is InChI=1S/C23H34N2O3.ClH/c1-22-8-3-4-16(22)19-17(6-9-22)23(2)10-5-14(12-18(23)20(26)21(19)27)25-28-15-7-11-24-13-15;/h15-19,24H,3-13H2,1-2H3;1H/b25-14+;/t15-,16-,17-,18?,19-,22-,23+;/m0./s1. The maximum Gasteiger partial charge on any atom is 0.202 e. The molecule has 1 unspecified atom stereocenters. The SMILES string of the molecule is C[C@@]12CCC[C@H]1[C@@H]1C(=O)C(=O)C3C/C(=N/O[C@H]4CCNC4)CC[C@]3(C)[C@H]1CC2.Cl. The summed E-state index contributed by atoms with van der Waals surface area (Å²) in [7, 11) is 0. The molecule has 0 aromatic carbocycles. The summed E-state index contributed by atoms with van der Waals surface area (Å²) in [6.07, 6.45) is 9.53. The summed E-state index contributed by atoms with van der Waals surface area (Å²) in [5.74, 6) is 0.440. The summed E-state index contributed by atoms with van der Waals surface area (Å²) in [6.45, 7) is 6.50. The first-order valence-electron chi connectivity index (χ1n) is 11.4. The van der Waals surface area contributed by atoms with Crippen LogP contribution < -0.4 is 5.32 Å². The van der Waals surface area contributed by atoms with Crippen molar-refractivity contribution < 1.29 is 14.4 Å². The Morgan fingerprint density at radius 2 is 1.86 bits per heavy atom. The molecule has 5 aliphatic rings. The van der Waals surface area contributed by atoms with Gasteiger partial charge >= 0.3 is 0 Å². The van der Waals surface area contributed by atoms with Gasteiger partial charge in [0.15, 0.2) is 0 Å². The molecule has 0 radical (unpaired) electrons. The van der Waals surface area contributed by atoms with Gasteiger partial charge in [0.05, 0.1) is 5.71 Å². The van der Waals surface area contributed by atoms with Crippen LogP contribution in [0.3, 0.4) is 0 Å². The number of Topliss-reactive ketones (excluding diaryl/α,β-unsaturated/α-hetero) is 2. The minimum atomic E-state index is -0.190. The van der Waals surface area contributed by atoms with E-state index in [4.69, 9.17) is 4.84 Å². The van der Waals surface area contributed by atoms with Crippen LogP contribution in [0.4, 0.5) is 0 Å². The first kappa shape index (κ1) is 21.3. The molecular formula is C23H35ClN2O3. The highest BCUT2D eigenvalue weighted by Gasteiger charge is 2.63. The molecule has 1 heterocycles. The zero-order valence-corrected chi connectivity index (χ0v) is 18.6. The Balaban J connectivity index is 0.00000205. The number of ketones is 2. The van der Waals surface area contributed by atoms with E-state index in [1.165, 1.54) is 19.3 Å². The van der Waals surface area contributed by atoms with Crippen molar-refractivity contribution in [1.82, 2.24) is 5.32 Å².